The molecule has 192 valence electrons. The molecule has 0 aromatic heterocycles. The van der Waals surface area contributed by atoms with E-state index in [-0.39, 0.29) is 0 Å². The van der Waals surface area contributed by atoms with Crippen LogP contribution in [0.3, 0.4) is 0 Å². The van der Waals surface area contributed by atoms with E-state index < -0.39 is 0 Å². The SMILES string of the molecule is C=C(/C=C\C)C(C)CC(C)C=C(C)C.C=C(C)C.C=C(C)CPC.CCCC.CCCC. The third kappa shape index (κ3) is 63.0. The molecule has 0 spiro atoms. The standard InChI is InChI=1S/C14H24.C5H11P.C4H8.2C4H10/c1-7-8-13(5)14(6)10-12(4)9-11(2)3;1-5(2)4-6-3;1-4(2)3;2*1-3-4-2/h7-9,12,14H,5,10H2,1-4,6H3;6H,1,4H2,2-3H3;1H2,2-3H3;2*3-4H2,1-2H3/b8-7-;;;;. The molecular weight excluding hydrogens is 403 g/mol. The molecule has 0 fully saturated rings. The molecule has 0 aromatic rings. The Morgan fingerprint density at radius 2 is 1.19 bits per heavy atom. The first-order chi connectivity index (χ1) is 14.8. The summed E-state index contributed by atoms with van der Waals surface area (Å²) in [4.78, 5) is 0. The van der Waals surface area contributed by atoms with Crippen LogP contribution in [-0.2, 0) is 0 Å². The van der Waals surface area contributed by atoms with Gasteiger partial charge in [0.15, 0.2) is 0 Å². The monoisotopic (exact) mass is 466 g/mol. The normalized spacial score (nSPS) is 11.3. The molecule has 0 nitrogen and oxygen atoms in total. The van der Waals surface area contributed by atoms with Crippen LogP contribution in [0.2, 0.25) is 0 Å². The molecule has 32 heavy (non-hydrogen) atoms. The maximum Gasteiger partial charge on any atom is -0.0150 e. The minimum Gasteiger partial charge on any atom is -0.121 e. The molecule has 3 atom stereocenters. The Morgan fingerprint density at radius 3 is 1.38 bits per heavy atom. The van der Waals surface area contributed by atoms with Crippen molar-refractivity contribution in [1.29, 1.82) is 0 Å². The lowest BCUT2D eigenvalue weighted by atomic mass is 9.90. The lowest BCUT2D eigenvalue weighted by molar-refractivity contribution is 0.529. The van der Waals surface area contributed by atoms with E-state index in [0.717, 1.165) is 8.58 Å². The van der Waals surface area contributed by atoms with Crippen LogP contribution in [0.5, 0.6) is 0 Å². The highest BCUT2D eigenvalue weighted by molar-refractivity contribution is 7.37. The average molecular weight is 467 g/mol. The number of hydrogen-bond acceptors (Lipinski definition) is 0. The van der Waals surface area contributed by atoms with Crippen molar-refractivity contribution in [1.82, 2.24) is 0 Å². The Balaban J connectivity index is -0.000000111. The van der Waals surface area contributed by atoms with Gasteiger partial charge in [0.05, 0.1) is 0 Å². The first-order valence-electron chi connectivity index (χ1n) is 12.7. The second-order valence-electron chi connectivity index (χ2n) is 9.13. The molecule has 0 heterocycles. The highest BCUT2D eigenvalue weighted by Gasteiger charge is 2.07. The fourth-order valence-corrected chi connectivity index (χ4v) is 2.63. The first-order valence-corrected chi connectivity index (χ1v) is 14.4. The van der Waals surface area contributed by atoms with Gasteiger partial charge in [-0.05, 0) is 72.6 Å². The van der Waals surface area contributed by atoms with Gasteiger partial charge in [0.2, 0.25) is 0 Å². The fraction of sp³-hybridized carbons (Fsp3) is 0.677. The maximum absolute atomic E-state index is 4.07. The molecule has 0 radical (unpaired) electrons. The van der Waals surface area contributed by atoms with Crippen LogP contribution in [-0.4, -0.2) is 12.8 Å². The van der Waals surface area contributed by atoms with E-state index in [1.807, 2.05) is 20.8 Å². The summed E-state index contributed by atoms with van der Waals surface area (Å²) < 4.78 is 0. The molecule has 0 aromatic carbocycles. The molecule has 0 aliphatic rings. The minimum absolute atomic E-state index is 0.580. The van der Waals surface area contributed by atoms with Gasteiger partial charge in [0.1, 0.15) is 0 Å². The van der Waals surface area contributed by atoms with Crippen molar-refractivity contribution in [3.8, 4) is 0 Å². The minimum atomic E-state index is 0.580. The summed E-state index contributed by atoms with van der Waals surface area (Å²) in [5, 5.41) is 0. The summed E-state index contributed by atoms with van der Waals surface area (Å²) in [6, 6.07) is 0. The van der Waals surface area contributed by atoms with E-state index >= 15 is 0 Å². The van der Waals surface area contributed by atoms with Crippen LogP contribution >= 0.6 is 8.58 Å². The van der Waals surface area contributed by atoms with E-state index in [0.29, 0.717) is 11.8 Å². The molecule has 3 unspecified atom stereocenters. The van der Waals surface area contributed by atoms with Gasteiger partial charge in [-0.3, -0.25) is 0 Å². The van der Waals surface area contributed by atoms with Gasteiger partial charge in [-0.2, -0.15) is 0 Å². The smallest absolute Gasteiger partial charge is 0.0150 e. The van der Waals surface area contributed by atoms with Gasteiger partial charge in [0, 0.05) is 0 Å². The first kappa shape index (κ1) is 41.4. The average Bonchev–Trinajstić information content (AvgIpc) is 2.67. The maximum atomic E-state index is 4.07. The second-order valence-corrected chi connectivity index (χ2v) is 10.2. The zero-order valence-electron chi connectivity index (χ0n) is 24.8. The summed E-state index contributed by atoms with van der Waals surface area (Å²) in [7, 11) is 1.04. The molecular formula is C31H63P. The van der Waals surface area contributed by atoms with Crippen molar-refractivity contribution in [2.45, 2.75) is 115 Å². The largest absolute Gasteiger partial charge is 0.121 e. The van der Waals surface area contributed by atoms with E-state index in [1.54, 1.807) is 0 Å². The predicted molar refractivity (Wildman–Crippen MR) is 162 cm³/mol. The highest BCUT2D eigenvalue weighted by Crippen LogP contribution is 2.21. The Bertz CT molecular complexity index is 449. The lowest BCUT2D eigenvalue weighted by Gasteiger charge is -2.15. The van der Waals surface area contributed by atoms with Crippen LogP contribution in [0.4, 0.5) is 0 Å². The van der Waals surface area contributed by atoms with Crippen LogP contribution in [0.25, 0.3) is 0 Å². The zero-order valence-corrected chi connectivity index (χ0v) is 25.8. The van der Waals surface area contributed by atoms with E-state index in [2.05, 4.69) is 107 Å². The molecule has 0 aliphatic carbocycles. The van der Waals surface area contributed by atoms with Gasteiger partial charge in [-0.1, -0.05) is 121 Å². The van der Waals surface area contributed by atoms with Crippen molar-refractivity contribution in [3.63, 3.8) is 0 Å². The molecule has 0 bridgehead atoms. The van der Waals surface area contributed by atoms with Crippen molar-refractivity contribution < 1.29 is 0 Å². The van der Waals surface area contributed by atoms with Gasteiger partial charge < -0.3 is 0 Å². The Labute approximate surface area is 208 Å². The predicted octanol–water partition coefficient (Wildman–Crippen LogP) is 11.8. The van der Waals surface area contributed by atoms with Crippen molar-refractivity contribution in [2.24, 2.45) is 11.8 Å². The molecule has 0 saturated carbocycles. The quantitative estimate of drug-likeness (QED) is 0.180. The van der Waals surface area contributed by atoms with Gasteiger partial charge in [0.25, 0.3) is 0 Å². The summed E-state index contributed by atoms with van der Waals surface area (Å²) in [6.45, 7) is 39.2. The highest BCUT2D eigenvalue weighted by atomic mass is 31.1. The molecule has 0 N–H and O–H groups in total. The fourth-order valence-electron chi connectivity index (χ4n) is 2.03. The van der Waals surface area contributed by atoms with Crippen molar-refractivity contribution in [3.05, 3.63) is 60.3 Å². The van der Waals surface area contributed by atoms with Gasteiger partial charge in [-0.25, -0.2) is 0 Å². The molecule has 1 heteroatoms. The van der Waals surface area contributed by atoms with E-state index in [1.165, 1.54) is 60.6 Å². The number of unbranched alkanes of at least 4 members (excludes halogenated alkanes) is 2. The third-order valence-electron chi connectivity index (χ3n) is 3.84. The van der Waals surface area contributed by atoms with Crippen LogP contribution < -0.4 is 0 Å². The summed E-state index contributed by atoms with van der Waals surface area (Å²) in [6.07, 6.45) is 14.2. The van der Waals surface area contributed by atoms with Crippen LogP contribution in [0.15, 0.2) is 60.3 Å². The van der Waals surface area contributed by atoms with Crippen LogP contribution in [0, 0.1) is 11.8 Å². The number of allylic oxidation sites excluding steroid dienone is 7. The lowest BCUT2D eigenvalue weighted by Crippen LogP contribution is -2.02. The number of rotatable bonds is 9. The van der Waals surface area contributed by atoms with Crippen molar-refractivity contribution in [2.75, 3.05) is 12.8 Å². The van der Waals surface area contributed by atoms with E-state index in [9.17, 15) is 0 Å². The summed E-state index contributed by atoms with van der Waals surface area (Å²) in [5.74, 6) is 1.23. The summed E-state index contributed by atoms with van der Waals surface area (Å²) in [5.41, 5.74) is 5.11. The second kappa shape index (κ2) is 34.7. The summed E-state index contributed by atoms with van der Waals surface area (Å²) >= 11 is 0. The zero-order chi connectivity index (χ0) is 26.5. The van der Waals surface area contributed by atoms with Gasteiger partial charge >= 0.3 is 0 Å². The molecule has 0 amide bonds. The third-order valence-corrected chi connectivity index (χ3v) is 4.79. The number of hydrogen-bond donors (Lipinski definition) is 0. The molecule has 0 rings (SSSR count). The Hall–Kier alpha value is -0.870. The van der Waals surface area contributed by atoms with Gasteiger partial charge in [-0.15, -0.1) is 15.2 Å². The Kier molecular flexibility index (Phi) is 44.9. The van der Waals surface area contributed by atoms with E-state index in [4.69, 9.17) is 0 Å². The molecule has 0 aliphatic heterocycles. The molecule has 0 saturated heterocycles. The topological polar surface area (TPSA) is 0 Å². The van der Waals surface area contributed by atoms with Crippen LogP contribution in [0.1, 0.15) is 115 Å². The van der Waals surface area contributed by atoms with Crippen molar-refractivity contribution >= 4 is 8.58 Å². The Morgan fingerprint density at radius 1 is 0.812 bits per heavy atom.